The number of nitrogens with one attached hydrogen (secondary N) is 1. The SMILES string of the molecule is C=CC(=O)N1CC(c2cc(/C=C(\N)c3ccccc3O)c(N)[nH]2)CC[C@H]1C. The van der Waals surface area contributed by atoms with E-state index in [-0.39, 0.29) is 23.6 Å². The van der Waals surface area contributed by atoms with Crippen molar-refractivity contribution in [3.63, 3.8) is 0 Å². The Kier molecular flexibility index (Phi) is 5.26. The minimum absolute atomic E-state index is 0.0457. The topological polar surface area (TPSA) is 108 Å². The van der Waals surface area contributed by atoms with Gasteiger partial charge in [-0.15, -0.1) is 0 Å². The summed E-state index contributed by atoms with van der Waals surface area (Å²) in [5, 5.41) is 9.96. The van der Waals surface area contributed by atoms with Crippen LogP contribution >= 0.6 is 0 Å². The molecule has 0 aliphatic carbocycles. The van der Waals surface area contributed by atoms with Crippen molar-refractivity contribution in [1.82, 2.24) is 9.88 Å². The molecule has 1 saturated heterocycles. The summed E-state index contributed by atoms with van der Waals surface area (Å²) >= 11 is 0. The third-order valence-corrected chi connectivity index (χ3v) is 5.21. The largest absolute Gasteiger partial charge is 0.507 e. The fraction of sp³-hybridized carbons (Fsp3) is 0.286. The van der Waals surface area contributed by atoms with Crippen LogP contribution in [0.25, 0.3) is 11.8 Å². The van der Waals surface area contributed by atoms with E-state index in [1.165, 1.54) is 6.08 Å². The van der Waals surface area contributed by atoms with E-state index in [0.29, 0.717) is 23.6 Å². The fourth-order valence-corrected chi connectivity index (χ4v) is 3.60. The average molecular weight is 366 g/mol. The standard InChI is InChI=1S/C21H26N4O2/c1-3-20(27)25-12-14(9-8-13(25)2)18-11-15(21(23)24-18)10-17(22)16-6-4-5-7-19(16)26/h3-7,10-11,13-14,24,26H,1,8-9,12,22-23H2,2H3/b17-10-/t13-,14?/m1/s1. The lowest BCUT2D eigenvalue weighted by atomic mass is 9.90. The first-order valence-corrected chi connectivity index (χ1v) is 9.07. The molecule has 1 aliphatic heterocycles. The quantitative estimate of drug-likeness (QED) is 0.624. The van der Waals surface area contributed by atoms with Crippen molar-refractivity contribution >= 4 is 23.5 Å². The van der Waals surface area contributed by atoms with Crippen LogP contribution in [0.5, 0.6) is 5.75 Å². The Labute approximate surface area is 159 Å². The van der Waals surface area contributed by atoms with E-state index in [4.69, 9.17) is 11.5 Å². The van der Waals surface area contributed by atoms with Gasteiger partial charge in [0.2, 0.25) is 5.91 Å². The number of carbonyl (C=O) groups excluding carboxylic acids is 1. The van der Waals surface area contributed by atoms with Crippen molar-refractivity contribution in [2.45, 2.75) is 31.7 Å². The van der Waals surface area contributed by atoms with Gasteiger partial charge in [-0.2, -0.15) is 0 Å². The van der Waals surface area contributed by atoms with Gasteiger partial charge in [0.05, 0.1) is 0 Å². The number of aromatic nitrogens is 1. The number of para-hydroxylation sites is 1. The number of hydrogen-bond donors (Lipinski definition) is 4. The molecule has 6 heteroatoms. The van der Waals surface area contributed by atoms with Crippen LogP contribution in [0.15, 0.2) is 43.0 Å². The van der Waals surface area contributed by atoms with Gasteiger partial charge in [-0.05, 0) is 50.1 Å². The highest BCUT2D eigenvalue weighted by Crippen LogP contribution is 2.32. The number of nitrogen functional groups attached to an aromatic ring is 1. The van der Waals surface area contributed by atoms with Gasteiger partial charge in [0, 0.05) is 41.0 Å². The monoisotopic (exact) mass is 366 g/mol. The smallest absolute Gasteiger partial charge is 0.246 e. The predicted molar refractivity (Wildman–Crippen MR) is 109 cm³/mol. The van der Waals surface area contributed by atoms with Crippen molar-refractivity contribution in [2.75, 3.05) is 12.3 Å². The molecule has 1 aromatic carbocycles. The molecule has 1 amide bonds. The Bertz CT molecular complexity index is 884. The van der Waals surface area contributed by atoms with E-state index < -0.39 is 0 Å². The lowest BCUT2D eigenvalue weighted by Gasteiger charge is -2.37. The van der Waals surface area contributed by atoms with Gasteiger partial charge in [0.25, 0.3) is 0 Å². The Balaban J connectivity index is 1.84. The highest BCUT2D eigenvalue weighted by atomic mass is 16.3. The number of aromatic amines is 1. The number of aromatic hydroxyl groups is 1. The molecule has 1 unspecified atom stereocenters. The van der Waals surface area contributed by atoms with Gasteiger partial charge in [0.15, 0.2) is 0 Å². The fourth-order valence-electron chi connectivity index (χ4n) is 3.60. The molecule has 2 aromatic rings. The highest BCUT2D eigenvalue weighted by molar-refractivity contribution is 5.87. The molecule has 1 aromatic heterocycles. The molecule has 0 bridgehead atoms. The zero-order valence-electron chi connectivity index (χ0n) is 15.5. The second-order valence-electron chi connectivity index (χ2n) is 7.03. The number of rotatable bonds is 4. The molecule has 3 rings (SSSR count). The van der Waals surface area contributed by atoms with E-state index >= 15 is 0 Å². The molecular formula is C21H26N4O2. The Morgan fingerprint density at radius 1 is 1.37 bits per heavy atom. The number of phenols is 1. The van der Waals surface area contributed by atoms with Gasteiger partial charge < -0.3 is 26.5 Å². The number of nitrogens with two attached hydrogens (primary N) is 2. The second kappa shape index (κ2) is 7.61. The molecule has 1 fully saturated rings. The minimum atomic E-state index is -0.0457. The second-order valence-corrected chi connectivity index (χ2v) is 7.03. The van der Waals surface area contributed by atoms with Crippen LogP contribution in [0, 0.1) is 0 Å². The van der Waals surface area contributed by atoms with Gasteiger partial charge in [-0.25, -0.2) is 0 Å². The van der Waals surface area contributed by atoms with Crippen molar-refractivity contribution in [1.29, 1.82) is 0 Å². The first-order chi connectivity index (χ1) is 12.9. The lowest BCUT2D eigenvalue weighted by Crippen LogP contribution is -2.44. The third-order valence-electron chi connectivity index (χ3n) is 5.21. The van der Waals surface area contributed by atoms with Gasteiger partial charge in [-0.3, -0.25) is 4.79 Å². The summed E-state index contributed by atoms with van der Waals surface area (Å²) < 4.78 is 0. The number of carbonyl (C=O) groups is 1. The van der Waals surface area contributed by atoms with E-state index in [2.05, 4.69) is 18.5 Å². The maximum atomic E-state index is 12.1. The zero-order chi connectivity index (χ0) is 19.6. The maximum absolute atomic E-state index is 12.1. The van der Waals surface area contributed by atoms with Crippen LogP contribution < -0.4 is 11.5 Å². The van der Waals surface area contributed by atoms with Crippen molar-refractivity contribution in [3.8, 4) is 5.75 Å². The normalized spacial score (nSPS) is 20.5. The number of H-pyrrole nitrogens is 1. The van der Waals surface area contributed by atoms with Crippen molar-refractivity contribution < 1.29 is 9.90 Å². The number of likely N-dealkylation sites (tertiary alicyclic amines) is 1. The van der Waals surface area contributed by atoms with Gasteiger partial charge >= 0.3 is 0 Å². The number of phenolic OH excluding ortho intramolecular Hbond substituents is 1. The van der Waals surface area contributed by atoms with E-state index in [0.717, 1.165) is 24.1 Å². The van der Waals surface area contributed by atoms with Crippen LogP contribution in [-0.2, 0) is 4.79 Å². The molecule has 6 nitrogen and oxygen atoms in total. The van der Waals surface area contributed by atoms with Crippen LogP contribution in [0.3, 0.4) is 0 Å². The molecule has 27 heavy (non-hydrogen) atoms. The van der Waals surface area contributed by atoms with Crippen LogP contribution in [0.2, 0.25) is 0 Å². The summed E-state index contributed by atoms with van der Waals surface area (Å²) in [7, 11) is 0. The number of anilines is 1. The van der Waals surface area contributed by atoms with Crippen LogP contribution in [0.1, 0.15) is 42.5 Å². The number of amides is 1. The molecule has 0 spiro atoms. The Hall–Kier alpha value is -3.15. The van der Waals surface area contributed by atoms with Gasteiger partial charge in [0.1, 0.15) is 11.6 Å². The molecule has 0 saturated carbocycles. The molecular weight excluding hydrogens is 340 g/mol. The summed E-state index contributed by atoms with van der Waals surface area (Å²) in [5.74, 6) is 0.778. The highest BCUT2D eigenvalue weighted by Gasteiger charge is 2.29. The molecule has 1 aliphatic rings. The number of hydrogen-bond acceptors (Lipinski definition) is 4. The van der Waals surface area contributed by atoms with E-state index in [1.807, 2.05) is 17.0 Å². The van der Waals surface area contributed by atoms with Crippen molar-refractivity contribution in [2.24, 2.45) is 5.73 Å². The van der Waals surface area contributed by atoms with Crippen LogP contribution in [0.4, 0.5) is 5.82 Å². The first kappa shape index (κ1) is 18.6. The number of nitrogens with zero attached hydrogens (tertiary/aromatic N) is 1. The van der Waals surface area contributed by atoms with Crippen molar-refractivity contribution in [3.05, 3.63) is 59.8 Å². The maximum Gasteiger partial charge on any atom is 0.246 e. The van der Waals surface area contributed by atoms with E-state index in [1.54, 1.807) is 24.3 Å². The summed E-state index contributed by atoms with van der Waals surface area (Å²) in [6, 6.07) is 9.09. The Morgan fingerprint density at radius 2 is 2.11 bits per heavy atom. The molecule has 2 heterocycles. The predicted octanol–water partition coefficient (Wildman–Crippen LogP) is 3.04. The first-order valence-electron chi connectivity index (χ1n) is 9.07. The number of benzene rings is 1. The van der Waals surface area contributed by atoms with Gasteiger partial charge in [-0.1, -0.05) is 18.7 Å². The summed E-state index contributed by atoms with van der Waals surface area (Å²) in [5.41, 5.74) is 15.0. The number of piperidine rings is 1. The Morgan fingerprint density at radius 3 is 2.81 bits per heavy atom. The average Bonchev–Trinajstić information content (AvgIpc) is 3.02. The minimum Gasteiger partial charge on any atom is -0.507 e. The third kappa shape index (κ3) is 3.84. The molecule has 142 valence electrons. The molecule has 6 N–H and O–H groups in total. The summed E-state index contributed by atoms with van der Waals surface area (Å²) in [6.45, 7) is 6.28. The molecule has 2 atom stereocenters. The van der Waals surface area contributed by atoms with E-state index in [9.17, 15) is 9.90 Å². The molecule has 0 radical (unpaired) electrons. The summed E-state index contributed by atoms with van der Waals surface area (Å²) in [4.78, 5) is 17.2. The summed E-state index contributed by atoms with van der Waals surface area (Å²) in [6.07, 6.45) is 5.01. The lowest BCUT2D eigenvalue weighted by molar-refractivity contribution is -0.129. The zero-order valence-corrected chi connectivity index (χ0v) is 15.5. The van der Waals surface area contributed by atoms with Crippen LogP contribution in [-0.4, -0.2) is 33.5 Å².